The molecule has 1 aliphatic heterocycles. The van der Waals surface area contributed by atoms with Gasteiger partial charge in [0.1, 0.15) is 11.3 Å². The Kier molecular flexibility index (Phi) is 8.20. The summed E-state index contributed by atoms with van der Waals surface area (Å²) in [5, 5.41) is 6.01. The van der Waals surface area contributed by atoms with Gasteiger partial charge in [0.05, 0.1) is 11.6 Å². The van der Waals surface area contributed by atoms with Gasteiger partial charge in [-0.1, -0.05) is 19.1 Å². The number of halogens is 3. The number of rotatable bonds is 8. The number of carbonyl (C=O) groups is 2. The number of alkyl halides is 3. The Balaban J connectivity index is 1.37. The van der Waals surface area contributed by atoms with Crippen LogP contribution in [0.25, 0.3) is 0 Å². The Morgan fingerprint density at radius 1 is 1.19 bits per heavy atom. The number of aromatic nitrogens is 2. The molecule has 220 valence electrons. The SMILES string of the molecule is CCc1cc(C(=O)NC2C=CN(C(C)C)CC2)ccc1Nc1ncc(C(F)(F)F)c(Oc2cccc3c2C(=O)CC3)n1. The number of hydrogen-bond donors (Lipinski definition) is 2. The van der Waals surface area contributed by atoms with E-state index in [4.69, 9.17) is 4.74 Å². The fourth-order valence-corrected chi connectivity index (χ4v) is 5.11. The van der Waals surface area contributed by atoms with Gasteiger partial charge < -0.3 is 20.3 Å². The molecule has 2 aliphatic rings. The second-order valence-electron chi connectivity index (χ2n) is 10.6. The van der Waals surface area contributed by atoms with Crippen LogP contribution in [0.1, 0.15) is 71.0 Å². The van der Waals surface area contributed by atoms with Crippen LogP contribution in [0.4, 0.5) is 24.8 Å². The third-order valence-electron chi connectivity index (χ3n) is 7.46. The van der Waals surface area contributed by atoms with Gasteiger partial charge in [-0.05, 0) is 80.8 Å². The zero-order chi connectivity index (χ0) is 30.0. The van der Waals surface area contributed by atoms with Crippen molar-refractivity contribution in [3.63, 3.8) is 0 Å². The van der Waals surface area contributed by atoms with Crippen LogP contribution in [0.15, 0.2) is 54.9 Å². The van der Waals surface area contributed by atoms with Crippen molar-refractivity contribution in [2.24, 2.45) is 0 Å². The van der Waals surface area contributed by atoms with Gasteiger partial charge in [0.25, 0.3) is 5.91 Å². The van der Waals surface area contributed by atoms with Crippen molar-refractivity contribution in [2.75, 3.05) is 11.9 Å². The molecule has 0 saturated heterocycles. The molecule has 1 aliphatic carbocycles. The highest BCUT2D eigenvalue weighted by atomic mass is 19.4. The Bertz CT molecular complexity index is 1540. The van der Waals surface area contributed by atoms with Gasteiger partial charge in [0.15, 0.2) is 5.78 Å². The molecule has 1 aromatic heterocycles. The van der Waals surface area contributed by atoms with Gasteiger partial charge in [-0.2, -0.15) is 18.2 Å². The second kappa shape index (κ2) is 11.8. The Hall–Kier alpha value is -4.41. The third-order valence-corrected chi connectivity index (χ3v) is 7.46. The maximum absolute atomic E-state index is 13.8. The molecule has 0 fully saturated rings. The Morgan fingerprint density at radius 3 is 2.69 bits per heavy atom. The number of carbonyl (C=O) groups excluding carboxylic acids is 2. The molecular formula is C31H32F3N5O3. The highest BCUT2D eigenvalue weighted by Crippen LogP contribution is 2.40. The average Bonchev–Trinajstić information content (AvgIpc) is 3.34. The lowest BCUT2D eigenvalue weighted by atomic mass is 10.0. The summed E-state index contributed by atoms with van der Waals surface area (Å²) in [6.07, 6.45) is 2.00. The first-order chi connectivity index (χ1) is 20.0. The number of benzene rings is 2. The molecule has 11 heteroatoms. The number of Topliss-reactive ketones (excluding diaryl/α,β-unsaturated/α-hetero) is 1. The van der Waals surface area contributed by atoms with Crippen LogP contribution in [0.2, 0.25) is 0 Å². The monoisotopic (exact) mass is 579 g/mol. The standard InChI is InChI=1S/C31H32F3N5O3/c1-4-19-16-21(28(41)36-22-12-14-39(15-13-22)18(2)3)8-10-24(19)37-30-35-17-23(31(32,33)34)29(38-30)42-26-7-5-6-20-9-11-25(40)27(20)26/h5-8,10,12,14,16-18,22H,4,9,11,13,15H2,1-3H3,(H,36,41)(H,35,37,38). The van der Waals surface area contributed by atoms with E-state index < -0.39 is 17.6 Å². The van der Waals surface area contributed by atoms with E-state index in [2.05, 4.69) is 39.3 Å². The van der Waals surface area contributed by atoms with Crippen molar-refractivity contribution in [1.82, 2.24) is 20.2 Å². The first-order valence-corrected chi connectivity index (χ1v) is 14.0. The van der Waals surface area contributed by atoms with Crippen LogP contribution in [-0.2, 0) is 19.0 Å². The largest absolute Gasteiger partial charge is 0.437 e. The average molecular weight is 580 g/mol. The topological polar surface area (TPSA) is 96.5 Å². The first kappa shape index (κ1) is 29.1. The number of fused-ring (bicyclic) bond motifs is 1. The molecule has 0 spiro atoms. The van der Waals surface area contributed by atoms with Crippen LogP contribution >= 0.6 is 0 Å². The van der Waals surface area contributed by atoms with Gasteiger partial charge in [-0.25, -0.2) is 4.98 Å². The molecule has 0 radical (unpaired) electrons. The zero-order valence-corrected chi connectivity index (χ0v) is 23.6. The molecule has 3 aromatic rings. The molecular weight excluding hydrogens is 547 g/mol. The van der Waals surface area contributed by atoms with Crippen LogP contribution in [0, 0.1) is 0 Å². The van der Waals surface area contributed by atoms with E-state index in [-0.39, 0.29) is 41.4 Å². The van der Waals surface area contributed by atoms with Gasteiger partial charge in [0.2, 0.25) is 11.8 Å². The smallest absolute Gasteiger partial charge is 0.423 e. The fraction of sp³-hybridized carbons (Fsp3) is 0.355. The summed E-state index contributed by atoms with van der Waals surface area (Å²) >= 11 is 0. The highest BCUT2D eigenvalue weighted by Gasteiger charge is 2.37. The second-order valence-corrected chi connectivity index (χ2v) is 10.6. The predicted octanol–water partition coefficient (Wildman–Crippen LogP) is 6.45. The lowest BCUT2D eigenvalue weighted by molar-refractivity contribution is -0.139. The summed E-state index contributed by atoms with van der Waals surface area (Å²) in [5.74, 6) is -1.20. The van der Waals surface area contributed by atoms with Crippen LogP contribution in [0.5, 0.6) is 11.6 Å². The normalized spacial score (nSPS) is 16.5. The lowest BCUT2D eigenvalue weighted by Gasteiger charge is -2.31. The molecule has 0 saturated carbocycles. The minimum atomic E-state index is -4.78. The van der Waals surface area contributed by atoms with E-state index >= 15 is 0 Å². The molecule has 1 atom stereocenters. The maximum Gasteiger partial charge on any atom is 0.423 e. The quantitative estimate of drug-likeness (QED) is 0.317. The van der Waals surface area contributed by atoms with Gasteiger partial charge in [-0.15, -0.1) is 0 Å². The van der Waals surface area contributed by atoms with E-state index in [0.29, 0.717) is 36.3 Å². The summed E-state index contributed by atoms with van der Waals surface area (Å²) in [5.41, 5.74) is 1.61. The van der Waals surface area contributed by atoms with Crippen molar-refractivity contribution in [3.05, 3.63) is 82.7 Å². The minimum absolute atomic E-state index is 0.0273. The van der Waals surface area contributed by atoms with Crippen molar-refractivity contribution in [1.29, 1.82) is 0 Å². The third kappa shape index (κ3) is 6.24. The number of ether oxygens (including phenoxy) is 1. The minimum Gasteiger partial charge on any atom is -0.437 e. The molecule has 5 rings (SSSR count). The van der Waals surface area contributed by atoms with Gasteiger partial charge >= 0.3 is 6.18 Å². The number of ketones is 1. The number of nitrogens with one attached hydrogen (secondary N) is 2. The van der Waals surface area contributed by atoms with E-state index in [9.17, 15) is 22.8 Å². The lowest BCUT2D eigenvalue weighted by Crippen LogP contribution is -2.40. The molecule has 1 amide bonds. The van der Waals surface area contributed by atoms with Gasteiger partial charge in [-0.3, -0.25) is 9.59 Å². The molecule has 2 N–H and O–H groups in total. The van der Waals surface area contributed by atoms with E-state index in [1.54, 1.807) is 30.3 Å². The van der Waals surface area contributed by atoms with Crippen molar-refractivity contribution in [2.45, 2.75) is 64.7 Å². The number of hydrogen-bond acceptors (Lipinski definition) is 7. The number of amides is 1. The molecule has 8 nitrogen and oxygen atoms in total. The van der Waals surface area contributed by atoms with E-state index in [0.717, 1.165) is 24.1 Å². The molecule has 42 heavy (non-hydrogen) atoms. The van der Waals surface area contributed by atoms with Crippen molar-refractivity contribution < 1.29 is 27.5 Å². The van der Waals surface area contributed by atoms with Crippen molar-refractivity contribution >= 4 is 23.3 Å². The molecule has 2 heterocycles. The first-order valence-electron chi connectivity index (χ1n) is 14.0. The summed E-state index contributed by atoms with van der Waals surface area (Å²) in [6.45, 7) is 6.99. The molecule has 0 bridgehead atoms. The summed E-state index contributed by atoms with van der Waals surface area (Å²) in [7, 11) is 0. The molecule has 2 aromatic carbocycles. The summed E-state index contributed by atoms with van der Waals surface area (Å²) < 4.78 is 47.1. The molecule has 1 unspecified atom stereocenters. The van der Waals surface area contributed by atoms with Crippen LogP contribution < -0.4 is 15.4 Å². The van der Waals surface area contributed by atoms with E-state index in [1.807, 2.05) is 19.2 Å². The van der Waals surface area contributed by atoms with E-state index in [1.165, 1.54) is 6.07 Å². The number of nitrogens with zero attached hydrogens (tertiary/aromatic N) is 3. The zero-order valence-electron chi connectivity index (χ0n) is 23.6. The highest BCUT2D eigenvalue weighted by molar-refractivity contribution is 6.03. The van der Waals surface area contributed by atoms with Crippen molar-refractivity contribution in [3.8, 4) is 11.6 Å². The summed E-state index contributed by atoms with van der Waals surface area (Å²) in [6, 6.07) is 10.2. The Morgan fingerprint density at radius 2 is 2.00 bits per heavy atom. The summed E-state index contributed by atoms with van der Waals surface area (Å²) in [4.78, 5) is 35.5. The van der Waals surface area contributed by atoms with Crippen LogP contribution in [0.3, 0.4) is 0 Å². The Labute approximate surface area is 242 Å². The predicted molar refractivity (Wildman–Crippen MR) is 152 cm³/mol. The maximum atomic E-state index is 13.8. The van der Waals surface area contributed by atoms with Gasteiger partial charge in [0, 0.05) is 36.5 Å². The fourth-order valence-electron chi connectivity index (χ4n) is 5.11. The number of aryl methyl sites for hydroxylation is 2. The van der Waals surface area contributed by atoms with Crippen LogP contribution in [-0.4, -0.2) is 45.2 Å². The number of anilines is 2.